The van der Waals surface area contributed by atoms with Gasteiger partial charge >= 0.3 is 0 Å². The van der Waals surface area contributed by atoms with E-state index in [1.54, 1.807) is 18.2 Å². The molecule has 5 nitrogen and oxygen atoms in total. The van der Waals surface area contributed by atoms with Crippen molar-refractivity contribution < 1.29 is 31.1 Å². The van der Waals surface area contributed by atoms with Crippen LogP contribution >= 0.6 is 0 Å². The lowest BCUT2D eigenvalue weighted by Gasteiger charge is -2.10. The third kappa shape index (κ3) is 14.6. The van der Waals surface area contributed by atoms with Crippen molar-refractivity contribution in [3.63, 3.8) is 0 Å². The van der Waals surface area contributed by atoms with Crippen LogP contribution in [0.3, 0.4) is 0 Å². The average Bonchev–Trinajstić information content (AvgIpc) is 0.785. The highest BCUT2D eigenvalue weighted by atomic mass is 15.0. The minimum atomic E-state index is -2.10. The van der Waals surface area contributed by atoms with E-state index < -0.39 is 13.7 Å². The van der Waals surface area contributed by atoms with Crippen LogP contribution in [0.5, 0.6) is 0 Å². The number of hydrogen-bond acceptors (Lipinski definition) is 0. The minimum Gasteiger partial charge on any atom is -0.200 e. The Kier molecular flexibility index (Phi) is 18.0. The second-order valence-electron chi connectivity index (χ2n) is 25.7. The van der Waals surface area contributed by atoms with Gasteiger partial charge in [0.2, 0.25) is 45.0 Å². The molecule has 0 aliphatic carbocycles. The van der Waals surface area contributed by atoms with Crippen molar-refractivity contribution in [2.45, 2.75) is 76.0 Å². The van der Waals surface area contributed by atoms with Crippen LogP contribution in [-0.2, 0) is 35.2 Å². The molecule has 5 heterocycles. The molecule has 15 rings (SSSR count). The lowest BCUT2D eigenvalue weighted by Crippen LogP contribution is -2.32. The van der Waals surface area contributed by atoms with Crippen LogP contribution in [0, 0.1) is 76.0 Å². The maximum atomic E-state index is 7.78. The molecule has 476 valence electrons. The molecule has 0 N–H and O–H groups in total. The van der Waals surface area contributed by atoms with E-state index in [1.165, 1.54) is 116 Å². The van der Waals surface area contributed by atoms with Gasteiger partial charge in [0.15, 0.2) is 12.4 Å². The van der Waals surface area contributed by atoms with E-state index in [2.05, 4.69) is 304 Å². The smallest absolute Gasteiger partial charge is 0.200 e. The summed E-state index contributed by atoms with van der Waals surface area (Å²) in [6.45, 7) is 14.7. The standard InChI is InChI=1S/2C19H20N.2C18H18N.C17H16N/c1-13-9-14(2)15(3)18(10-13)19-11-16-7-5-6-8-17(16)12-20(19)4;1-13-11-14(2)15(3)17(12-13)19-10-9-16-7-5-6-8-18(16)20(19)4;1-13-8-10-16(14(2)12-13)18-11-9-15-6-4-5-7-17(15)19(18)3;1-13-8-9-17(14(2)10-13)18-11-15-6-4-5-7-16(15)12-19(18)3;1-13-7-3-5-9-15(13)17-12-11-14-8-4-6-10-16(14)18(17)2/h2*5-12H,1-4H3;2*4-12H,1-3H3;3-12H,1-2H3/q5*+1/i2D3;;;1D3;. The molecule has 5 aromatic heterocycles. The van der Waals surface area contributed by atoms with Crippen LogP contribution in [0.2, 0.25) is 0 Å². The summed E-state index contributed by atoms with van der Waals surface area (Å²) in [5, 5.41) is 8.51. The first kappa shape index (κ1) is 59.0. The molecule has 15 aromatic rings. The Morgan fingerprint density at radius 1 is 0.229 bits per heavy atom. The van der Waals surface area contributed by atoms with E-state index in [1.807, 2.05) is 65.2 Å². The van der Waals surface area contributed by atoms with E-state index >= 15 is 0 Å². The van der Waals surface area contributed by atoms with E-state index in [4.69, 9.17) is 8.22 Å². The summed E-state index contributed by atoms with van der Waals surface area (Å²) < 4.78 is 56.9. The first-order chi connectivity index (χ1) is 48.6. The predicted molar refractivity (Wildman–Crippen MR) is 405 cm³/mol. The normalized spacial score (nSPS) is 12.1. The van der Waals surface area contributed by atoms with Gasteiger partial charge in [0.05, 0.1) is 0 Å². The molecule has 0 aliphatic rings. The van der Waals surface area contributed by atoms with Gasteiger partial charge in [0.25, 0.3) is 0 Å². The van der Waals surface area contributed by atoms with Crippen molar-refractivity contribution >= 4 is 54.3 Å². The average molecular weight is 1260 g/mol. The summed E-state index contributed by atoms with van der Waals surface area (Å²) >= 11 is 0. The number of fused-ring (bicyclic) bond motifs is 5. The van der Waals surface area contributed by atoms with Crippen LogP contribution in [0.4, 0.5) is 0 Å². The molecule has 0 radical (unpaired) electrons. The quantitative estimate of drug-likeness (QED) is 0.153. The molecule has 0 bridgehead atoms. The van der Waals surface area contributed by atoms with Crippen molar-refractivity contribution in [1.29, 1.82) is 0 Å². The molecule has 96 heavy (non-hydrogen) atoms. The first-order valence-corrected chi connectivity index (χ1v) is 33.0. The maximum Gasteiger partial charge on any atom is 0.213 e. The predicted octanol–water partition coefficient (Wildman–Crippen LogP) is 20.0. The second-order valence-corrected chi connectivity index (χ2v) is 25.7. The first-order valence-electron chi connectivity index (χ1n) is 36.0. The van der Waals surface area contributed by atoms with Crippen LogP contribution in [0.1, 0.15) is 69.4 Å². The number of pyridine rings is 5. The van der Waals surface area contributed by atoms with Gasteiger partial charge in [-0.1, -0.05) is 150 Å². The molecule has 10 aromatic carbocycles. The van der Waals surface area contributed by atoms with E-state index in [0.29, 0.717) is 11.1 Å². The number of para-hydroxylation sites is 3. The van der Waals surface area contributed by atoms with Crippen LogP contribution in [0.15, 0.2) is 267 Å². The Labute approximate surface area is 578 Å². The van der Waals surface area contributed by atoms with Crippen LogP contribution < -0.4 is 22.8 Å². The molecule has 0 unspecified atom stereocenters. The zero-order valence-electron chi connectivity index (χ0n) is 64.1. The number of nitrogens with zero attached hydrogens (tertiary/aromatic N) is 5. The summed E-state index contributed by atoms with van der Waals surface area (Å²) in [5.74, 6) is 0. The third-order valence-electron chi connectivity index (χ3n) is 18.7. The van der Waals surface area contributed by atoms with E-state index in [-0.39, 0.29) is 0 Å². The van der Waals surface area contributed by atoms with Gasteiger partial charge in [-0.25, -0.2) is 9.13 Å². The van der Waals surface area contributed by atoms with Gasteiger partial charge in [0, 0.05) is 112 Å². The summed E-state index contributed by atoms with van der Waals surface area (Å²) in [5.41, 5.74) is 27.2. The highest BCUT2D eigenvalue weighted by molar-refractivity contribution is 5.86. The molecule has 0 fully saturated rings. The zero-order valence-corrected chi connectivity index (χ0v) is 58.1. The van der Waals surface area contributed by atoms with Gasteiger partial charge < -0.3 is 0 Å². The molecule has 0 aliphatic heterocycles. The Morgan fingerprint density at radius 3 is 1.03 bits per heavy atom. The van der Waals surface area contributed by atoms with Crippen LogP contribution in [0.25, 0.3) is 111 Å². The topological polar surface area (TPSA) is 19.4 Å². The lowest BCUT2D eigenvalue weighted by atomic mass is 9.96. The Balaban J connectivity index is 0.000000128. The number of aryl methyl sites for hydroxylation is 14. The van der Waals surface area contributed by atoms with Gasteiger partial charge in [-0.15, -0.1) is 0 Å². The lowest BCUT2D eigenvalue weighted by molar-refractivity contribution is -0.659. The summed E-state index contributed by atoms with van der Waals surface area (Å²) in [6.07, 6.45) is 4.18. The summed E-state index contributed by atoms with van der Waals surface area (Å²) in [6, 6.07) is 88.3. The number of hydrogen-bond donors (Lipinski definition) is 0. The van der Waals surface area contributed by atoms with Crippen molar-refractivity contribution in [3.05, 3.63) is 328 Å². The molecular weight excluding hydrogens is 1160 g/mol. The fourth-order valence-corrected chi connectivity index (χ4v) is 13.3. The van der Waals surface area contributed by atoms with Crippen molar-refractivity contribution in [1.82, 2.24) is 0 Å². The van der Waals surface area contributed by atoms with Gasteiger partial charge in [0.1, 0.15) is 35.2 Å². The largest absolute Gasteiger partial charge is 0.213 e. The van der Waals surface area contributed by atoms with Crippen molar-refractivity contribution in [3.8, 4) is 56.3 Å². The number of aromatic nitrogens is 5. The molecule has 0 saturated heterocycles. The monoisotopic (exact) mass is 1260 g/mol. The Bertz CT molecular complexity index is 5630. The van der Waals surface area contributed by atoms with Gasteiger partial charge in [-0.2, -0.15) is 13.7 Å². The van der Waals surface area contributed by atoms with Gasteiger partial charge in [-0.05, 0) is 205 Å². The molecular formula is C91H92N5+5. The highest BCUT2D eigenvalue weighted by Crippen LogP contribution is 2.31. The third-order valence-corrected chi connectivity index (χ3v) is 18.7. The summed E-state index contributed by atoms with van der Waals surface area (Å²) in [7, 11) is 10.4. The van der Waals surface area contributed by atoms with Crippen molar-refractivity contribution in [2.24, 2.45) is 35.2 Å². The van der Waals surface area contributed by atoms with Crippen molar-refractivity contribution in [2.75, 3.05) is 0 Å². The fourth-order valence-electron chi connectivity index (χ4n) is 13.3. The Hall–Kier alpha value is -10.8. The maximum absolute atomic E-state index is 7.78. The van der Waals surface area contributed by atoms with E-state index in [9.17, 15) is 0 Å². The SMILES string of the molecule is Cc1cc(C)c(C)c(-c2ccc3ccccc3[n+]2C)c1.Cc1ccc(-c2ccc3ccccc3[n+]2C)c(C)c1.Cc1ccccc1-c1ccc2ccccc2[n+]1C.[2H]C([2H])([2H])c1cc(C)cc(-c2cc3ccccc3c[n+]2C)c1C.[2H]C([2H])([2H])c1ccc(-c2cc3ccccc3c[n+]2C)c(C)c1. The number of benzene rings is 10. The number of rotatable bonds is 5. The molecule has 0 spiro atoms. The summed E-state index contributed by atoms with van der Waals surface area (Å²) in [4.78, 5) is 0. The fraction of sp³-hybridized carbons (Fsp3) is 0.176. The van der Waals surface area contributed by atoms with E-state index in [0.717, 1.165) is 44.6 Å². The molecule has 0 atom stereocenters. The zero-order chi connectivity index (χ0) is 72.9. The molecule has 0 amide bonds. The minimum absolute atomic E-state index is 0.386. The second kappa shape index (κ2) is 29.3. The molecule has 5 heteroatoms. The molecule has 0 saturated carbocycles. The van der Waals surface area contributed by atoms with Gasteiger partial charge in [-0.3, -0.25) is 0 Å². The Morgan fingerprint density at radius 2 is 0.573 bits per heavy atom. The highest BCUT2D eigenvalue weighted by Gasteiger charge is 2.21. The van der Waals surface area contributed by atoms with Crippen LogP contribution in [-0.4, -0.2) is 0 Å².